The molecule has 0 amide bonds. The lowest BCUT2D eigenvalue weighted by molar-refractivity contribution is -0.0366. The second kappa shape index (κ2) is 7.08. The van der Waals surface area contributed by atoms with Crippen LogP contribution in [0.15, 0.2) is 40.6 Å². The minimum Gasteiger partial charge on any atom is -0.376 e. The quantitative estimate of drug-likeness (QED) is 0.496. The Morgan fingerprint density at radius 2 is 2.07 bits per heavy atom. The zero-order valence-corrected chi connectivity index (χ0v) is 17.4. The molecule has 2 aromatic heterocycles. The van der Waals surface area contributed by atoms with Crippen molar-refractivity contribution in [2.45, 2.75) is 17.0 Å². The minimum atomic E-state index is -2.83. The van der Waals surface area contributed by atoms with Crippen LogP contribution in [0.5, 0.6) is 0 Å². The van der Waals surface area contributed by atoms with Gasteiger partial charge in [0, 0.05) is 19.6 Å². The van der Waals surface area contributed by atoms with Crippen LogP contribution in [0.3, 0.4) is 0 Å². The van der Waals surface area contributed by atoms with E-state index in [4.69, 9.17) is 20.4 Å². The number of fused-ring (bicyclic) bond motifs is 2. The molecular weight excluding hydrogens is 410 g/mol. The van der Waals surface area contributed by atoms with Gasteiger partial charge in [-0.05, 0) is 23.1 Å². The average molecular weight is 434 g/mol. The van der Waals surface area contributed by atoms with Crippen molar-refractivity contribution >= 4 is 43.9 Å². The fourth-order valence-corrected chi connectivity index (χ4v) is 5.99. The van der Waals surface area contributed by atoms with E-state index >= 15 is 0 Å². The van der Waals surface area contributed by atoms with Crippen LogP contribution < -0.4 is 16.0 Å². The van der Waals surface area contributed by atoms with Crippen LogP contribution in [0, 0.1) is 0 Å². The number of thiophene rings is 1. The topological polar surface area (TPSA) is 117 Å². The van der Waals surface area contributed by atoms with Gasteiger partial charge in [0.15, 0.2) is 0 Å². The van der Waals surface area contributed by atoms with Crippen molar-refractivity contribution < 1.29 is 13.8 Å². The van der Waals surface area contributed by atoms with E-state index < -0.39 is 10.6 Å². The zero-order chi connectivity index (χ0) is 20.1. The molecular formula is C19H23N5O3S2. The smallest absolute Gasteiger partial charge is 0.228 e. The van der Waals surface area contributed by atoms with Crippen molar-refractivity contribution in [3.05, 3.63) is 41.3 Å². The first-order chi connectivity index (χ1) is 14.0. The third kappa shape index (κ3) is 3.35. The van der Waals surface area contributed by atoms with Crippen LogP contribution in [0.25, 0.3) is 10.2 Å². The third-order valence-corrected chi connectivity index (χ3v) is 8.20. The lowest BCUT2D eigenvalue weighted by atomic mass is 9.98. The summed E-state index contributed by atoms with van der Waals surface area (Å²) in [6.45, 7) is 2.53. The molecule has 1 aromatic carbocycles. The van der Waals surface area contributed by atoms with Crippen molar-refractivity contribution in [1.29, 1.82) is 0 Å². The second-order valence-electron chi connectivity index (χ2n) is 7.51. The first-order valence-corrected chi connectivity index (χ1v) is 12.0. The molecule has 5 N–H and O–H groups in total. The van der Waals surface area contributed by atoms with Gasteiger partial charge in [0.05, 0.1) is 39.6 Å². The molecule has 8 nitrogen and oxygen atoms in total. The molecule has 0 saturated carbocycles. The lowest BCUT2D eigenvalue weighted by Crippen LogP contribution is -2.60. The number of nitrogens with zero attached hydrogens (tertiary/aromatic N) is 3. The molecule has 10 heteroatoms. The van der Waals surface area contributed by atoms with E-state index in [9.17, 15) is 9.11 Å². The summed E-state index contributed by atoms with van der Waals surface area (Å²) in [5.41, 5.74) is 7.42. The Balaban J connectivity index is 1.54. The van der Waals surface area contributed by atoms with Crippen LogP contribution in [-0.4, -0.2) is 56.7 Å². The van der Waals surface area contributed by atoms with Crippen molar-refractivity contribution in [3.8, 4) is 0 Å². The molecule has 0 radical (unpaired) electrons. The monoisotopic (exact) mass is 433 g/mol. The number of hydrogen-bond acceptors (Lipinski definition) is 9. The molecule has 3 aromatic rings. The van der Waals surface area contributed by atoms with Crippen molar-refractivity contribution in [3.63, 3.8) is 0 Å². The molecule has 0 bridgehead atoms. The van der Waals surface area contributed by atoms with Crippen LogP contribution in [0.4, 0.5) is 11.8 Å². The molecule has 154 valence electrons. The maximum Gasteiger partial charge on any atom is 0.228 e. The molecule has 0 spiro atoms. The van der Waals surface area contributed by atoms with E-state index in [0.29, 0.717) is 43.7 Å². The molecule has 4 heterocycles. The van der Waals surface area contributed by atoms with Gasteiger partial charge in [-0.15, -0.1) is 11.3 Å². The highest BCUT2D eigenvalue weighted by Gasteiger charge is 2.38. The fraction of sp³-hybridized carbons (Fsp3) is 0.368. The number of nitrogens with one attached hydrogen (secondary N) is 1. The van der Waals surface area contributed by atoms with E-state index in [1.54, 1.807) is 17.4 Å². The fourth-order valence-electron chi connectivity index (χ4n) is 3.67. The SMILES string of the molecule is NCC1(Nc2nc(N3CCS(O)(O)c4ccccc4C3)nc3ccsc23)COC1. The van der Waals surface area contributed by atoms with Gasteiger partial charge in [-0.2, -0.15) is 15.6 Å². The lowest BCUT2D eigenvalue weighted by Gasteiger charge is -2.41. The van der Waals surface area contributed by atoms with Gasteiger partial charge in [0.2, 0.25) is 5.95 Å². The minimum absolute atomic E-state index is 0.248. The highest BCUT2D eigenvalue weighted by molar-refractivity contribution is 8.24. The van der Waals surface area contributed by atoms with Gasteiger partial charge in [-0.25, -0.2) is 4.98 Å². The van der Waals surface area contributed by atoms with Crippen molar-refractivity contribution in [2.24, 2.45) is 5.73 Å². The van der Waals surface area contributed by atoms with E-state index in [0.717, 1.165) is 21.6 Å². The Morgan fingerprint density at radius 1 is 1.24 bits per heavy atom. The van der Waals surface area contributed by atoms with E-state index in [1.165, 1.54) is 0 Å². The number of aromatic nitrogens is 2. The summed E-state index contributed by atoms with van der Waals surface area (Å²) >= 11 is 1.58. The summed E-state index contributed by atoms with van der Waals surface area (Å²) in [5, 5.41) is 5.49. The Labute approximate surface area is 174 Å². The van der Waals surface area contributed by atoms with Crippen LogP contribution >= 0.6 is 21.9 Å². The normalized spacial score (nSPS) is 21.1. The van der Waals surface area contributed by atoms with Gasteiger partial charge in [-0.3, -0.25) is 9.11 Å². The largest absolute Gasteiger partial charge is 0.376 e. The van der Waals surface area contributed by atoms with Gasteiger partial charge in [0.25, 0.3) is 0 Å². The first kappa shape index (κ1) is 19.0. The van der Waals surface area contributed by atoms with Gasteiger partial charge in [0.1, 0.15) is 5.82 Å². The molecule has 29 heavy (non-hydrogen) atoms. The molecule has 0 unspecified atom stereocenters. The number of rotatable bonds is 4. The van der Waals surface area contributed by atoms with E-state index in [1.807, 2.05) is 34.5 Å². The summed E-state index contributed by atoms with van der Waals surface area (Å²) in [7, 11) is -2.83. The summed E-state index contributed by atoms with van der Waals surface area (Å²) in [6, 6.07) is 9.45. The highest BCUT2D eigenvalue weighted by Crippen LogP contribution is 2.51. The van der Waals surface area contributed by atoms with Gasteiger partial charge in [-0.1, -0.05) is 18.2 Å². The Morgan fingerprint density at radius 3 is 2.83 bits per heavy atom. The maximum atomic E-state index is 10.6. The predicted octanol–water partition coefficient (Wildman–Crippen LogP) is 2.96. The molecule has 5 rings (SSSR count). The average Bonchev–Trinajstić information content (AvgIpc) is 3.12. The van der Waals surface area contributed by atoms with E-state index in [2.05, 4.69) is 5.32 Å². The predicted molar refractivity (Wildman–Crippen MR) is 117 cm³/mol. The second-order valence-corrected chi connectivity index (χ2v) is 10.6. The zero-order valence-electron chi connectivity index (χ0n) is 15.7. The third-order valence-electron chi connectivity index (χ3n) is 5.44. The highest BCUT2D eigenvalue weighted by atomic mass is 32.3. The molecule has 1 fully saturated rings. The molecule has 1 saturated heterocycles. The van der Waals surface area contributed by atoms with Crippen LogP contribution in [0.2, 0.25) is 0 Å². The maximum absolute atomic E-state index is 10.6. The molecule has 2 aliphatic heterocycles. The van der Waals surface area contributed by atoms with Crippen LogP contribution in [-0.2, 0) is 11.3 Å². The molecule has 0 aliphatic carbocycles. The Kier molecular flexibility index (Phi) is 4.65. The first-order valence-electron chi connectivity index (χ1n) is 9.40. The van der Waals surface area contributed by atoms with Crippen molar-refractivity contribution in [1.82, 2.24) is 9.97 Å². The summed E-state index contributed by atoms with van der Waals surface area (Å²) in [4.78, 5) is 12.2. The Bertz CT molecular complexity index is 1050. The van der Waals surface area contributed by atoms with Crippen LogP contribution in [0.1, 0.15) is 5.56 Å². The number of nitrogens with two attached hydrogens (primary N) is 1. The Hall–Kier alpha value is -1.95. The summed E-state index contributed by atoms with van der Waals surface area (Å²) in [5.74, 6) is 1.56. The van der Waals surface area contributed by atoms with E-state index in [-0.39, 0.29) is 11.3 Å². The number of benzene rings is 1. The van der Waals surface area contributed by atoms with Gasteiger partial charge < -0.3 is 20.7 Å². The molecule has 0 atom stereocenters. The number of hydrogen-bond donors (Lipinski definition) is 4. The van der Waals surface area contributed by atoms with Gasteiger partial charge >= 0.3 is 0 Å². The number of ether oxygens (including phenoxy) is 1. The number of anilines is 2. The standard InChI is InChI=1S/C19H23N5O3S2/c20-10-19(11-27-12-19)23-17-16-14(5-7-28-16)21-18(22-17)24-6-8-29(25,26)15-4-2-1-3-13(15)9-24/h1-5,7,25-26H,6,8-12,20H2,(H,21,22,23). The van der Waals surface area contributed by atoms with Crippen molar-refractivity contribution in [2.75, 3.05) is 42.3 Å². The summed E-state index contributed by atoms with van der Waals surface area (Å²) in [6.07, 6.45) is 0. The molecule has 2 aliphatic rings. The summed E-state index contributed by atoms with van der Waals surface area (Å²) < 4.78 is 27.6.